The van der Waals surface area contributed by atoms with E-state index in [1.807, 2.05) is 24.3 Å². The molecule has 0 aliphatic carbocycles. The summed E-state index contributed by atoms with van der Waals surface area (Å²) in [5, 5.41) is 23.5. The molecule has 0 amide bonds. The van der Waals surface area contributed by atoms with Crippen molar-refractivity contribution >= 4 is 32.9 Å². The lowest BCUT2D eigenvalue weighted by molar-refractivity contribution is 0.450. The molecular weight excluding hydrogens is 274 g/mol. The summed E-state index contributed by atoms with van der Waals surface area (Å²) in [6.45, 7) is 0. The zero-order valence-electron chi connectivity index (χ0n) is 10.3. The standard InChI is InChI=1S/C14H11N3O2S/c18-10-6-5-9(12(19)7-10)8-15-17-14-16-11-3-1-2-4-13(11)20-14/h1-8,18-19H,(H,16,17)/b15-8+. The smallest absolute Gasteiger partial charge is 0.204 e. The van der Waals surface area contributed by atoms with Gasteiger partial charge in [-0.2, -0.15) is 5.10 Å². The van der Waals surface area contributed by atoms with E-state index in [0.29, 0.717) is 10.7 Å². The first-order valence-electron chi connectivity index (χ1n) is 5.89. The number of nitrogens with zero attached hydrogens (tertiary/aromatic N) is 2. The van der Waals surface area contributed by atoms with Crippen LogP contribution in [0.1, 0.15) is 5.56 Å². The van der Waals surface area contributed by atoms with Gasteiger partial charge in [0.1, 0.15) is 11.5 Å². The van der Waals surface area contributed by atoms with Crippen molar-refractivity contribution in [2.24, 2.45) is 5.10 Å². The van der Waals surface area contributed by atoms with E-state index in [1.54, 1.807) is 6.07 Å². The van der Waals surface area contributed by atoms with Crippen LogP contribution in [0.3, 0.4) is 0 Å². The minimum atomic E-state index is -0.0279. The predicted octanol–water partition coefficient (Wildman–Crippen LogP) is 3.15. The number of phenols is 2. The molecule has 100 valence electrons. The SMILES string of the molecule is Oc1ccc(/C=N/Nc2nc3ccccc3s2)c(O)c1. The molecule has 2 aromatic carbocycles. The van der Waals surface area contributed by atoms with Crippen molar-refractivity contribution < 1.29 is 10.2 Å². The Hall–Kier alpha value is -2.60. The molecule has 3 aromatic rings. The number of hydrazone groups is 1. The Balaban J connectivity index is 1.76. The number of nitrogens with one attached hydrogen (secondary N) is 1. The second kappa shape index (κ2) is 5.18. The molecule has 0 atom stereocenters. The fourth-order valence-corrected chi connectivity index (χ4v) is 2.53. The molecule has 0 saturated heterocycles. The van der Waals surface area contributed by atoms with Gasteiger partial charge in [-0.15, -0.1) is 0 Å². The van der Waals surface area contributed by atoms with Gasteiger partial charge in [-0.3, -0.25) is 5.43 Å². The van der Waals surface area contributed by atoms with Crippen LogP contribution in [0.25, 0.3) is 10.2 Å². The average Bonchev–Trinajstić information content (AvgIpc) is 2.84. The Bertz CT molecular complexity index is 750. The number of aromatic hydroxyl groups is 2. The van der Waals surface area contributed by atoms with Gasteiger partial charge in [-0.1, -0.05) is 23.5 Å². The third kappa shape index (κ3) is 2.55. The molecule has 0 aliphatic heterocycles. The van der Waals surface area contributed by atoms with Crippen LogP contribution >= 0.6 is 11.3 Å². The molecule has 20 heavy (non-hydrogen) atoms. The normalized spacial score (nSPS) is 11.2. The van der Waals surface area contributed by atoms with Gasteiger partial charge < -0.3 is 10.2 Å². The van der Waals surface area contributed by atoms with Crippen LogP contribution < -0.4 is 5.43 Å². The number of anilines is 1. The highest BCUT2D eigenvalue weighted by atomic mass is 32.1. The highest BCUT2D eigenvalue weighted by Crippen LogP contribution is 2.25. The minimum absolute atomic E-state index is 0.0128. The lowest BCUT2D eigenvalue weighted by Crippen LogP contribution is -1.90. The zero-order chi connectivity index (χ0) is 13.9. The van der Waals surface area contributed by atoms with Crippen molar-refractivity contribution in [3.8, 4) is 11.5 Å². The first kappa shape index (κ1) is 12.4. The molecule has 0 radical (unpaired) electrons. The van der Waals surface area contributed by atoms with Crippen molar-refractivity contribution in [3.63, 3.8) is 0 Å². The van der Waals surface area contributed by atoms with E-state index >= 15 is 0 Å². The van der Waals surface area contributed by atoms with Crippen LogP contribution in [-0.4, -0.2) is 21.4 Å². The Morgan fingerprint density at radius 3 is 2.80 bits per heavy atom. The molecule has 1 heterocycles. The van der Waals surface area contributed by atoms with E-state index in [-0.39, 0.29) is 11.5 Å². The lowest BCUT2D eigenvalue weighted by Gasteiger charge is -1.99. The van der Waals surface area contributed by atoms with E-state index in [2.05, 4.69) is 15.5 Å². The van der Waals surface area contributed by atoms with Crippen LogP contribution in [0.4, 0.5) is 5.13 Å². The van der Waals surface area contributed by atoms with Gasteiger partial charge in [-0.05, 0) is 24.3 Å². The summed E-state index contributed by atoms with van der Waals surface area (Å²) in [5.41, 5.74) is 4.26. The molecule has 0 bridgehead atoms. The summed E-state index contributed by atoms with van der Waals surface area (Å²) < 4.78 is 1.08. The van der Waals surface area contributed by atoms with E-state index in [1.165, 1.54) is 29.7 Å². The van der Waals surface area contributed by atoms with Crippen molar-refractivity contribution in [2.45, 2.75) is 0 Å². The molecule has 0 saturated carbocycles. The van der Waals surface area contributed by atoms with Gasteiger partial charge in [0.05, 0.1) is 16.4 Å². The number of aromatic nitrogens is 1. The average molecular weight is 285 g/mol. The lowest BCUT2D eigenvalue weighted by atomic mass is 10.2. The maximum absolute atomic E-state index is 9.61. The van der Waals surface area contributed by atoms with E-state index in [0.717, 1.165) is 10.2 Å². The topological polar surface area (TPSA) is 77.7 Å². The Labute approximate surface area is 118 Å². The van der Waals surface area contributed by atoms with Gasteiger partial charge in [0.2, 0.25) is 5.13 Å². The summed E-state index contributed by atoms with van der Waals surface area (Å²) in [6.07, 6.45) is 1.47. The molecule has 0 spiro atoms. The first-order chi connectivity index (χ1) is 9.72. The van der Waals surface area contributed by atoms with Gasteiger partial charge in [0.25, 0.3) is 0 Å². The van der Waals surface area contributed by atoms with Crippen LogP contribution in [0, 0.1) is 0 Å². The maximum Gasteiger partial charge on any atom is 0.204 e. The van der Waals surface area contributed by atoms with Gasteiger partial charge in [-0.25, -0.2) is 4.98 Å². The third-order valence-corrected chi connectivity index (χ3v) is 3.61. The second-order valence-electron chi connectivity index (χ2n) is 4.10. The van der Waals surface area contributed by atoms with E-state index in [9.17, 15) is 10.2 Å². The first-order valence-corrected chi connectivity index (χ1v) is 6.71. The minimum Gasteiger partial charge on any atom is -0.508 e. The largest absolute Gasteiger partial charge is 0.508 e. The van der Waals surface area contributed by atoms with Crippen molar-refractivity contribution in [3.05, 3.63) is 48.0 Å². The van der Waals surface area contributed by atoms with Crippen LogP contribution in [0.2, 0.25) is 0 Å². The van der Waals surface area contributed by atoms with E-state index < -0.39 is 0 Å². The molecule has 0 fully saturated rings. The van der Waals surface area contributed by atoms with Gasteiger partial charge in [0.15, 0.2) is 0 Å². The van der Waals surface area contributed by atoms with Gasteiger partial charge >= 0.3 is 0 Å². The zero-order valence-corrected chi connectivity index (χ0v) is 11.1. The Kier molecular flexibility index (Phi) is 3.22. The third-order valence-electron chi connectivity index (χ3n) is 2.67. The molecule has 0 aliphatic rings. The highest BCUT2D eigenvalue weighted by Gasteiger charge is 2.02. The van der Waals surface area contributed by atoms with Crippen LogP contribution in [-0.2, 0) is 0 Å². The summed E-state index contributed by atoms with van der Waals surface area (Å²) in [4.78, 5) is 4.37. The van der Waals surface area contributed by atoms with Crippen molar-refractivity contribution in [1.29, 1.82) is 0 Å². The molecule has 5 nitrogen and oxygen atoms in total. The van der Waals surface area contributed by atoms with Gasteiger partial charge in [0, 0.05) is 11.6 Å². The Morgan fingerprint density at radius 2 is 2.00 bits per heavy atom. The number of hydrogen-bond acceptors (Lipinski definition) is 6. The quantitative estimate of drug-likeness (QED) is 0.510. The number of para-hydroxylation sites is 1. The summed E-state index contributed by atoms with van der Waals surface area (Å²) >= 11 is 1.50. The molecule has 6 heteroatoms. The second-order valence-corrected chi connectivity index (χ2v) is 5.13. The summed E-state index contributed by atoms with van der Waals surface area (Å²) in [6, 6.07) is 12.2. The summed E-state index contributed by atoms with van der Waals surface area (Å²) in [7, 11) is 0. The highest BCUT2D eigenvalue weighted by molar-refractivity contribution is 7.22. The van der Waals surface area contributed by atoms with Crippen molar-refractivity contribution in [2.75, 3.05) is 5.43 Å². The number of hydrogen-bond donors (Lipinski definition) is 3. The number of rotatable bonds is 3. The van der Waals surface area contributed by atoms with Crippen LogP contribution in [0.15, 0.2) is 47.6 Å². The number of thiazole rings is 1. The molecule has 3 N–H and O–H groups in total. The molecular formula is C14H11N3O2S. The monoisotopic (exact) mass is 285 g/mol. The fourth-order valence-electron chi connectivity index (χ4n) is 1.72. The predicted molar refractivity (Wildman–Crippen MR) is 80.6 cm³/mol. The molecule has 3 rings (SSSR count). The molecule has 1 aromatic heterocycles. The fraction of sp³-hybridized carbons (Fsp3) is 0. The summed E-state index contributed by atoms with van der Waals surface area (Å²) in [5.74, 6) is -0.0152. The maximum atomic E-state index is 9.61. The van der Waals surface area contributed by atoms with Crippen LogP contribution in [0.5, 0.6) is 11.5 Å². The van der Waals surface area contributed by atoms with E-state index in [4.69, 9.17) is 0 Å². The number of phenolic OH excluding ortho intramolecular Hbond substituents is 2. The van der Waals surface area contributed by atoms with Crippen molar-refractivity contribution in [1.82, 2.24) is 4.98 Å². The number of benzene rings is 2. The molecule has 0 unspecified atom stereocenters. The Morgan fingerprint density at radius 1 is 1.15 bits per heavy atom. The number of fused-ring (bicyclic) bond motifs is 1.